The van der Waals surface area contributed by atoms with Gasteiger partial charge in [-0.15, -0.1) is 11.3 Å². The van der Waals surface area contributed by atoms with E-state index >= 15 is 0 Å². The summed E-state index contributed by atoms with van der Waals surface area (Å²) in [6, 6.07) is 8.52. The van der Waals surface area contributed by atoms with Crippen LogP contribution in [0.4, 0.5) is 18.0 Å². The molecule has 0 saturated heterocycles. The van der Waals surface area contributed by atoms with E-state index in [1.807, 2.05) is 20.8 Å². The molecular formula is C38H45F3N6O6S. The summed E-state index contributed by atoms with van der Waals surface area (Å²) in [6.45, 7) is 7.60. The van der Waals surface area contributed by atoms with Crippen LogP contribution in [-0.4, -0.2) is 57.6 Å². The minimum absolute atomic E-state index is 0.0219. The Morgan fingerprint density at radius 1 is 1.04 bits per heavy atom. The fourth-order valence-corrected chi connectivity index (χ4v) is 7.66. The van der Waals surface area contributed by atoms with Crippen LogP contribution in [0.1, 0.15) is 90.9 Å². The van der Waals surface area contributed by atoms with Gasteiger partial charge in [-0.1, -0.05) is 64.8 Å². The normalized spacial score (nSPS) is 17.8. The van der Waals surface area contributed by atoms with Gasteiger partial charge in [0.1, 0.15) is 22.3 Å². The summed E-state index contributed by atoms with van der Waals surface area (Å²) in [5.74, 6) is -2.39. The quantitative estimate of drug-likeness (QED) is 0.0848. The van der Waals surface area contributed by atoms with E-state index in [-0.39, 0.29) is 54.2 Å². The van der Waals surface area contributed by atoms with Crippen LogP contribution < -0.4 is 26.0 Å². The van der Waals surface area contributed by atoms with Gasteiger partial charge in [-0.25, -0.2) is 14.6 Å². The van der Waals surface area contributed by atoms with Gasteiger partial charge in [0, 0.05) is 29.4 Å². The maximum atomic E-state index is 14.7. The molecule has 0 bridgehead atoms. The van der Waals surface area contributed by atoms with E-state index in [1.165, 1.54) is 11.4 Å². The number of hydrogen-bond acceptors (Lipinski definition) is 7. The van der Waals surface area contributed by atoms with E-state index in [9.17, 15) is 37.5 Å². The number of para-hydroxylation sites is 1. The maximum Gasteiger partial charge on any atom is 0.418 e. The summed E-state index contributed by atoms with van der Waals surface area (Å²) in [5.41, 5.74) is -1.00. The Balaban J connectivity index is 1.48. The Morgan fingerprint density at radius 2 is 1.74 bits per heavy atom. The number of aromatic amines is 1. The van der Waals surface area contributed by atoms with Crippen molar-refractivity contribution in [2.75, 3.05) is 7.11 Å². The van der Waals surface area contributed by atoms with Gasteiger partial charge in [-0.2, -0.15) is 13.2 Å². The number of aryl methyl sites for hydroxylation is 1. The molecule has 0 saturated carbocycles. The minimum Gasteiger partial charge on any atom is -0.497 e. The maximum absolute atomic E-state index is 14.7. The van der Waals surface area contributed by atoms with Crippen LogP contribution in [0.3, 0.4) is 0 Å². The molecule has 2 aromatic heterocycles. The molecule has 5 rings (SSSR count). The van der Waals surface area contributed by atoms with Crippen LogP contribution in [0.25, 0.3) is 10.9 Å². The first-order chi connectivity index (χ1) is 25.6. The number of fused-ring (bicyclic) bond motifs is 3. The number of nitrogens with zero attached hydrogens (tertiary/aromatic N) is 1. The number of rotatable bonds is 14. The summed E-state index contributed by atoms with van der Waals surface area (Å²) < 4.78 is 47.4. The van der Waals surface area contributed by atoms with Crippen molar-refractivity contribution in [3.63, 3.8) is 0 Å². The molecule has 2 heterocycles. The average molecular weight is 771 g/mol. The molecule has 0 fully saturated rings. The number of halogens is 3. The molecule has 6 N–H and O–H groups in total. The Hall–Kier alpha value is -5.12. The molecule has 1 aliphatic rings. The largest absolute Gasteiger partial charge is 0.497 e. The number of urea groups is 1. The number of H-pyrrole nitrogens is 1. The van der Waals surface area contributed by atoms with E-state index in [1.54, 1.807) is 44.4 Å². The van der Waals surface area contributed by atoms with Gasteiger partial charge < -0.3 is 36.1 Å². The zero-order valence-electron chi connectivity index (χ0n) is 30.6. The van der Waals surface area contributed by atoms with Crippen molar-refractivity contribution in [2.24, 2.45) is 11.8 Å². The number of hydrogen-bond donors (Lipinski definition) is 6. The first-order valence-electron chi connectivity index (χ1n) is 17.8. The molecule has 0 spiro atoms. The van der Waals surface area contributed by atoms with Crippen molar-refractivity contribution < 1.29 is 42.2 Å². The molecule has 12 nitrogen and oxygen atoms in total. The molecule has 16 heteroatoms. The predicted octanol–water partition coefficient (Wildman–Crippen LogP) is 6.51. The number of methoxy groups -OCH3 is 1. The summed E-state index contributed by atoms with van der Waals surface area (Å²) in [6.07, 6.45) is -3.55. The number of amides is 4. The molecule has 4 aromatic rings. The van der Waals surface area contributed by atoms with Crippen molar-refractivity contribution in [2.45, 2.75) is 90.1 Å². The lowest BCUT2D eigenvalue weighted by Gasteiger charge is -2.39. The second kappa shape index (κ2) is 16.5. The van der Waals surface area contributed by atoms with Crippen LogP contribution in [-0.2, 0) is 35.2 Å². The molecule has 0 unspecified atom stereocenters. The number of carbonyl (C=O) groups excluding carboxylic acids is 3. The first kappa shape index (κ1) is 40.1. The van der Waals surface area contributed by atoms with E-state index in [0.717, 1.165) is 23.0 Å². The summed E-state index contributed by atoms with van der Waals surface area (Å²) in [4.78, 5) is 61.1. The summed E-state index contributed by atoms with van der Waals surface area (Å²) in [7, 11) is 1.55. The van der Waals surface area contributed by atoms with E-state index in [4.69, 9.17) is 4.74 Å². The lowest BCUT2D eigenvalue weighted by Crippen LogP contribution is -2.65. The van der Waals surface area contributed by atoms with Crippen LogP contribution in [0.15, 0.2) is 47.8 Å². The standard InChI is InChI=1S/C38H45F3N6O6S/c1-6-20(3)29(46-36(52)42-18-22-11-13-23(53-5)14-12-22)32(48)47-37(35(51)45-30(21(4)7-2)33-44-28(19-54-33)34(49)50)16-15-27-25(17-37)24-9-8-10-26(31(24)43-27)38(39,40)41/h8-14,19-21,29-30,43H,6-7,15-18H2,1-5H3,(H,45,51)(H,47,48)(H,49,50)(H2,42,46,52)/t20-,21-,29-,30-,37+/m0/s1. The fourth-order valence-electron chi connectivity index (χ4n) is 6.69. The number of carboxylic acid groups (broad SMARTS) is 1. The van der Waals surface area contributed by atoms with Crippen molar-refractivity contribution in [1.82, 2.24) is 31.2 Å². The van der Waals surface area contributed by atoms with Gasteiger partial charge in [-0.3, -0.25) is 9.59 Å². The number of ether oxygens (including phenoxy) is 1. The van der Waals surface area contributed by atoms with Crippen LogP contribution >= 0.6 is 11.3 Å². The van der Waals surface area contributed by atoms with E-state index in [0.29, 0.717) is 34.9 Å². The Labute approximate surface area is 314 Å². The number of carbonyl (C=O) groups is 4. The Bertz CT molecular complexity index is 2000. The molecule has 0 radical (unpaired) electrons. The van der Waals surface area contributed by atoms with Gasteiger partial charge in [0.25, 0.3) is 0 Å². The molecule has 5 atom stereocenters. The van der Waals surface area contributed by atoms with E-state index < -0.39 is 53.2 Å². The molecule has 54 heavy (non-hydrogen) atoms. The topological polar surface area (TPSA) is 175 Å². The minimum atomic E-state index is -4.63. The monoisotopic (exact) mass is 770 g/mol. The number of aromatic nitrogens is 2. The van der Waals surface area contributed by atoms with Crippen LogP contribution in [0.2, 0.25) is 0 Å². The lowest BCUT2D eigenvalue weighted by molar-refractivity contribution is -0.136. The average Bonchev–Trinajstić information content (AvgIpc) is 3.79. The van der Waals surface area contributed by atoms with Gasteiger partial charge >= 0.3 is 18.2 Å². The van der Waals surface area contributed by atoms with Crippen molar-refractivity contribution in [3.05, 3.63) is 80.9 Å². The van der Waals surface area contributed by atoms with Gasteiger partial charge in [0.05, 0.1) is 24.2 Å². The number of alkyl halides is 3. The van der Waals surface area contributed by atoms with Gasteiger partial charge in [0.2, 0.25) is 11.8 Å². The van der Waals surface area contributed by atoms with E-state index in [2.05, 4.69) is 31.2 Å². The number of thiazole rings is 1. The second-order valence-electron chi connectivity index (χ2n) is 13.8. The fraction of sp³-hybridized carbons (Fsp3) is 0.447. The number of nitrogens with one attached hydrogen (secondary N) is 5. The van der Waals surface area contributed by atoms with Crippen molar-refractivity contribution in [3.8, 4) is 5.75 Å². The summed E-state index contributed by atoms with van der Waals surface area (Å²) >= 11 is 1.08. The first-order valence-corrected chi connectivity index (χ1v) is 18.7. The van der Waals surface area contributed by atoms with Crippen molar-refractivity contribution in [1.29, 1.82) is 0 Å². The molecule has 2 aromatic carbocycles. The number of carboxylic acids is 1. The third kappa shape index (κ3) is 8.64. The van der Waals surface area contributed by atoms with Crippen molar-refractivity contribution >= 4 is 46.1 Å². The van der Waals surface area contributed by atoms with Gasteiger partial charge in [0.15, 0.2) is 5.69 Å². The third-order valence-electron chi connectivity index (χ3n) is 10.3. The smallest absolute Gasteiger partial charge is 0.418 e. The molecule has 0 aliphatic heterocycles. The predicted molar refractivity (Wildman–Crippen MR) is 197 cm³/mol. The molecular weight excluding hydrogens is 726 g/mol. The van der Waals surface area contributed by atoms with Crippen LogP contribution in [0, 0.1) is 11.8 Å². The lowest BCUT2D eigenvalue weighted by atomic mass is 9.78. The highest BCUT2D eigenvalue weighted by molar-refractivity contribution is 7.09. The highest BCUT2D eigenvalue weighted by Gasteiger charge is 2.47. The SMILES string of the molecule is CC[C@H](C)[C@H](NC(=O)NCc1ccc(OC)cc1)C(=O)N[C@]1(C(=O)N[C@H](c2nc(C(=O)O)cs2)[C@@H](C)CC)CCc2[nH]c3c(C(F)(F)F)cccc3c2C1. The highest BCUT2D eigenvalue weighted by atomic mass is 32.1. The summed E-state index contributed by atoms with van der Waals surface area (Å²) in [5, 5.41) is 23.1. The second-order valence-corrected chi connectivity index (χ2v) is 14.7. The molecule has 4 amide bonds. The Kier molecular flexibility index (Phi) is 12.2. The Morgan fingerprint density at radius 3 is 2.35 bits per heavy atom. The van der Waals surface area contributed by atoms with Gasteiger partial charge in [-0.05, 0) is 54.0 Å². The van der Waals surface area contributed by atoms with Crippen LogP contribution in [0.5, 0.6) is 5.75 Å². The zero-order chi connectivity index (χ0) is 39.4. The highest BCUT2D eigenvalue weighted by Crippen LogP contribution is 2.40. The number of benzene rings is 2. The number of aromatic carboxylic acids is 1. The molecule has 290 valence electrons. The zero-order valence-corrected chi connectivity index (χ0v) is 31.5. The third-order valence-corrected chi connectivity index (χ3v) is 11.2. The molecule has 1 aliphatic carbocycles.